The van der Waals surface area contributed by atoms with E-state index in [1.807, 2.05) is 66.1 Å². The minimum Gasteiger partial charge on any atom is -0.348 e. The summed E-state index contributed by atoms with van der Waals surface area (Å²) in [5, 5.41) is 15.4. The standard InChI is InChI=1S/C26H23N7O2/c1-17(19-8-5-9-21(14-19)32-35)29-26-27-13-12-24(31-26)33-16-28-22-15-20(10-11-23(22)33)30-25(34)18-6-3-2-4-7-18/h2-17,32,35H,1H3,(H,30,34)(H,27,29,31). The van der Waals surface area contributed by atoms with Crippen molar-refractivity contribution in [1.82, 2.24) is 19.5 Å². The minimum atomic E-state index is -0.176. The van der Waals surface area contributed by atoms with Gasteiger partial charge in [-0.2, -0.15) is 4.98 Å². The molecule has 4 N–H and O–H groups in total. The summed E-state index contributed by atoms with van der Waals surface area (Å²) in [6, 6.07) is 23.8. The summed E-state index contributed by atoms with van der Waals surface area (Å²) in [5.74, 6) is 0.945. The maximum absolute atomic E-state index is 12.5. The van der Waals surface area contributed by atoms with Gasteiger partial charge in [-0.3, -0.25) is 20.0 Å². The SMILES string of the molecule is CC(Nc1nccc(-n2cnc3cc(NC(=O)c4ccccc4)ccc32)n1)c1cccc(NO)c1. The zero-order chi connectivity index (χ0) is 24.2. The van der Waals surface area contributed by atoms with E-state index in [1.165, 1.54) is 0 Å². The molecule has 1 unspecified atom stereocenters. The largest absolute Gasteiger partial charge is 0.348 e. The molecule has 0 fully saturated rings. The average molecular weight is 466 g/mol. The van der Waals surface area contributed by atoms with Crippen molar-refractivity contribution in [2.24, 2.45) is 0 Å². The van der Waals surface area contributed by atoms with Crippen molar-refractivity contribution in [2.45, 2.75) is 13.0 Å². The molecule has 3 aromatic carbocycles. The van der Waals surface area contributed by atoms with Gasteiger partial charge in [-0.1, -0.05) is 30.3 Å². The molecule has 0 aliphatic carbocycles. The zero-order valence-corrected chi connectivity index (χ0v) is 18.9. The second-order valence-corrected chi connectivity index (χ2v) is 7.98. The number of amides is 1. The molecule has 1 amide bonds. The van der Waals surface area contributed by atoms with Crippen molar-refractivity contribution < 1.29 is 10.0 Å². The molecular weight excluding hydrogens is 442 g/mol. The smallest absolute Gasteiger partial charge is 0.255 e. The molecule has 1 atom stereocenters. The Balaban J connectivity index is 1.36. The lowest BCUT2D eigenvalue weighted by Crippen LogP contribution is -2.11. The summed E-state index contributed by atoms with van der Waals surface area (Å²) in [6.45, 7) is 1.99. The van der Waals surface area contributed by atoms with Gasteiger partial charge in [-0.25, -0.2) is 9.97 Å². The number of carbonyl (C=O) groups excluding carboxylic acids is 1. The number of carbonyl (C=O) groups is 1. The molecule has 0 radical (unpaired) electrons. The Bertz CT molecular complexity index is 1480. The molecule has 0 spiro atoms. The van der Waals surface area contributed by atoms with Gasteiger partial charge in [0.15, 0.2) is 0 Å². The van der Waals surface area contributed by atoms with Gasteiger partial charge in [0.2, 0.25) is 5.95 Å². The molecule has 0 aliphatic rings. The monoisotopic (exact) mass is 465 g/mol. The van der Waals surface area contributed by atoms with Crippen LogP contribution < -0.4 is 16.1 Å². The van der Waals surface area contributed by atoms with Crippen LogP contribution in [0.15, 0.2) is 91.4 Å². The van der Waals surface area contributed by atoms with E-state index in [-0.39, 0.29) is 11.9 Å². The average Bonchev–Trinajstić information content (AvgIpc) is 3.32. The molecule has 0 aliphatic heterocycles. The van der Waals surface area contributed by atoms with Crippen LogP contribution in [0.3, 0.4) is 0 Å². The number of nitrogens with one attached hydrogen (secondary N) is 3. The summed E-state index contributed by atoms with van der Waals surface area (Å²) in [7, 11) is 0. The first-order chi connectivity index (χ1) is 17.1. The van der Waals surface area contributed by atoms with Crippen molar-refractivity contribution in [2.75, 3.05) is 16.1 Å². The summed E-state index contributed by atoms with van der Waals surface area (Å²) in [5.41, 5.74) is 6.57. The quantitative estimate of drug-likeness (QED) is 0.249. The van der Waals surface area contributed by atoms with Crippen LogP contribution in [0.4, 0.5) is 17.3 Å². The van der Waals surface area contributed by atoms with Gasteiger partial charge in [-0.15, -0.1) is 0 Å². The number of fused-ring (bicyclic) bond motifs is 1. The number of anilines is 3. The number of benzene rings is 3. The lowest BCUT2D eigenvalue weighted by atomic mass is 10.1. The number of aromatic nitrogens is 4. The second-order valence-electron chi connectivity index (χ2n) is 7.98. The van der Waals surface area contributed by atoms with Gasteiger partial charge in [-0.05, 0) is 61.0 Å². The van der Waals surface area contributed by atoms with E-state index in [4.69, 9.17) is 5.21 Å². The van der Waals surface area contributed by atoms with E-state index in [0.717, 1.165) is 16.6 Å². The van der Waals surface area contributed by atoms with Gasteiger partial charge >= 0.3 is 0 Å². The van der Waals surface area contributed by atoms with Crippen LogP contribution in [0.1, 0.15) is 28.9 Å². The fourth-order valence-corrected chi connectivity index (χ4v) is 3.77. The van der Waals surface area contributed by atoms with Crippen LogP contribution in [0.2, 0.25) is 0 Å². The summed E-state index contributed by atoms with van der Waals surface area (Å²) in [6.07, 6.45) is 3.38. The topological polar surface area (TPSA) is 117 Å². The number of hydrogen-bond acceptors (Lipinski definition) is 7. The summed E-state index contributed by atoms with van der Waals surface area (Å²) >= 11 is 0. The number of hydrogen-bond donors (Lipinski definition) is 4. The summed E-state index contributed by atoms with van der Waals surface area (Å²) < 4.78 is 1.87. The molecule has 0 saturated carbocycles. The van der Waals surface area contributed by atoms with Crippen molar-refractivity contribution in [3.05, 3.63) is 103 Å². The lowest BCUT2D eigenvalue weighted by molar-refractivity contribution is 0.102. The van der Waals surface area contributed by atoms with Gasteiger partial charge in [0, 0.05) is 17.4 Å². The highest BCUT2D eigenvalue weighted by atomic mass is 16.5. The lowest BCUT2D eigenvalue weighted by Gasteiger charge is -2.15. The van der Waals surface area contributed by atoms with Gasteiger partial charge in [0.1, 0.15) is 12.1 Å². The van der Waals surface area contributed by atoms with Crippen molar-refractivity contribution in [3.8, 4) is 5.82 Å². The highest BCUT2D eigenvalue weighted by Crippen LogP contribution is 2.23. The third-order valence-corrected chi connectivity index (χ3v) is 5.59. The Morgan fingerprint density at radius 3 is 2.63 bits per heavy atom. The molecule has 2 aromatic heterocycles. The van der Waals surface area contributed by atoms with Crippen molar-refractivity contribution in [3.63, 3.8) is 0 Å². The predicted octanol–water partition coefficient (Wildman–Crippen LogP) is 5.04. The molecule has 2 heterocycles. The first-order valence-corrected chi connectivity index (χ1v) is 11.0. The Morgan fingerprint density at radius 2 is 1.80 bits per heavy atom. The Morgan fingerprint density at radius 1 is 0.943 bits per heavy atom. The second kappa shape index (κ2) is 9.62. The third-order valence-electron chi connectivity index (χ3n) is 5.59. The fraction of sp³-hybridized carbons (Fsp3) is 0.0769. The van der Waals surface area contributed by atoms with Crippen LogP contribution in [0, 0.1) is 0 Å². The van der Waals surface area contributed by atoms with Gasteiger partial charge in [0.25, 0.3) is 5.91 Å². The van der Waals surface area contributed by atoms with Crippen LogP contribution in [0.25, 0.3) is 16.9 Å². The Hall–Kier alpha value is -4.76. The highest BCUT2D eigenvalue weighted by Gasteiger charge is 2.12. The zero-order valence-electron chi connectivity index (χ0n) is 18.9. The minimum absolute atomic E-state index is 0.0890. The molecule has 9 nitrogen and oxygen atoms in total. The summed E-state index contributed by atoms with van der Waals surface area (Å²) in [4.78, 5) is 26.0. The van der Waals surface area contributed by atoms with E-state index in [0.29, 0.717) is 28.7 Å². The fourth-order valence-electron chi connectivity index (χ4n) is 3.77. The van der Waals surface area contributed by atoms with Crippen LogP contribution >= 0.6 is 0 Å². The van der Waals surface area contributed by atoms with Gasteiger partial charge < -0.3 is 10.6 Å². The maximum atomic E-state index is 12.5. The van der Waals surface area contributed by atoms with E-state index in [1.54, 1.807) is 36.8 Å². The number of nitrogens with zero attached hydrogens (tertiary/aromatic N) is 4. The van der Waals surface area contributed by atoms with Gasteiger partial charge in [0.05, 0.1) is 22.8 Å². The third kappa shape index (κ3) is 4.80. The molecule has 0 bridgehead atoms. The van der Waals surface area contributed by atoms with Crippen LogP contribution in [-0.2, 0) is 0 Å². The number of imidazole rings is 1. The molecule has 5 rings (SSSR count). The highest BCUT2D eigenvalue weighted by molar-refractivity contribution is 6.04. The van der Waals surface area contributed by atoms with E-state index < -0.39 is 0 Å². The molecule has 5 aromatic rings. The molecule has 35 heavy (non-hydrogen) atoms. The van der Waals surface area contributed by atoms with E-state index in [2.05, 4.69) is 31.1 Å². The first kappa shape index (κ1) is 22.1. The Kier molecular flexibility index (Phi) is 6.06. The predicted molar refractivity (Wildman–Crippen MR) is 135 cm³/mol. The van der Waals surface area contributed by atoms with Crippen LogP contribution in [-0.4, -0.2) is 30.6 Å². The molecule has 9 heteroatoms. The molecule has 174 valence electrons. The Labute approximate surface area is 201 Å². The number of rotatable bonds is 7. The maximum Gasteiger partial charge on any atom is 0.255 e. The van der Waals surface area contributed by atoms with Crippen molar-refractivity contribution >= 4 is 34.3 Å². The molecule has 0 saturated heterocycles. The first-order valence-electron chi connectivity index (χ1n) is 11.0. The molecular formula is C26H23N7O2. The van der Waals surface area contributed by atoms with Crippen molar-refractivity contribution in [1.29, 1.82) is 0 Å². The van der Waals surface area contributed by atoms with E-state index in [9.17, 15) is 4.79 Å². The van der Waals surface area contributed by atoms with E-state index >= 15 is 0 Å². The normalized spacial score (nSPS) is 11.7. The van der Waals surface area contributed by atoms with Crippen LogP contribution in [0.5, 0.6) is 0 Å².